The second-order valence-electron chi connectivity index (χ2n) is 6.01. The molecule has 0 aliphatic carbocycles. The third-order valence-electron chi connectivity index (χ3n) is 2.77. The first kappa shape index (κ1) is 20.0. The zero-order valence-corrected chi connectivity index (χ0v) is 16.7. The van der Waals surface area contributed by atoms with E-state index in [1.807, 2.05) is 6.92 Å². The molecule has 23 heavy (non-hydrogen) atoms. The Hall–Kier alpha value is -1.09. The fourth-order valence-electron chi connectivity index (χ4n) is 1.86. The van der Waals surface area contributed by atoms with E-state index in [4.69, 9.17) is 4.74 Å². The lowest BCUT2D eigenvalue weighted by Crippen LogP contribution is -2.46. The van der Waals surface area contributed by atoms with Crippen molar-refractivity contribution in [3.8, 4) is 0 Å². The molecule has 1 rings (SSSR count). The van der Waals surface area contributed by atoms with Gasteiger partial charge >= 0.3 is 12.1 Å². The second kappa shape index (κ2) is 8.14. The van der Waals surface area contributed by atoms with Crippen LogP contribution in [0.2, 0.25) is 0 Å². The quantitative estimate of drug-likeness (QED) is 0.687. The van der Waals surface area contributed by atoms with Gasteiger partial charge in [-0.15, -0.1) is 0 Å². The Morgan fingerprint density at radius 2 is 2.00 bits per heavy atom. The fraction of sp³-hybridized carbons (Fsp3) is 0.643. The number of aliphatic carboxylic acids is 1. The second-order valence-corrected chi connectivity index (χ2v) is 7.51. The highest BCUT2D eigenvalue weighted by Crippen LogP contribution is 2.25. The minimum absolute atomic E-state index is 0.0447. The Morgan fingerprint density at radius 1 is 1.39 bits per heavy atom. The molecule has 9 heteroatoms. The number of alkyl carbamates (subject to hydrolysis) is 1. The highest BCUT2D eigenvalue weighted by molar-refractivity contribution is 9.13. The minimum atomic E-state index is -1.14. The average Bonchev–Trinajstić information content (AvgIpc) is 2.63. The number of imidazole rings is 1. The molecule has 0 saturated heterocycles. The molecule has 0 bridgehead atoms. The van der Waals surface area contributed by atoms with E-state index >= 15 is 0 Å². The van der Waals surface area contributed by atoms with Crippen molar-refractivity contribution in [2.75, 3.05) is 0 Å². The Labute approximate surface area is 152 Å². The van der Waals surface area contributed by atoms with E-state index in [9.17, 15) is 14.7 Å². The number of nitrogens with zero attached hydrogens (tertiary/aromatic N) is 2. The van der Waals surface area contributed by atoms with Crippen LogP contribution in [-0.2, 0) is 22.5 Å². The number of ether oxygens (including phenoxy) is 1. The number of carbonyl (C=O) groups is 2. The molecule has 1 aromatic rings. The zero-order chi connectivity index (χ0) is 17.8. The van der Waals surface area contributed by atoms with Gasteiger partial charge < -0.3 is 19.7 Å². The summed E-state index contributed by atoms with van der Waals surface area (Å²) in [4.78, 5) is 27.6. The van der Waals surface area contributed by atoms with Crippen molar-refractivity contribution in [2.45, 2.75) is 58.7 Å². The van der Waals surface area contributed by atoms with Crippen LogP contribution in [0.4, 0.5) is 4.79 Å². The Morgan fingerprint density at radius 3 is 2.48 bits per heavy atom. The number of halogens is 2. The smallest absolute Gasteiger partial charge is 0.408 e. The predicted octanol–water partition coefficient (Wildman–Crippen LogP) is 3.34. The summed E-state index contributed by atoms with van der Waals surface area (Å²) in [6, 6.07) is -1.13. The molecule has 1 unspecified atom stereocenters. The van der Waals surface area contributed by atoms with E-state index < -0.39 is 23.7 Å². The molecule has 2 N–H and O–H groups in total. The number of hydrogen-bond acceptors (Lipinski definition) is 4. The van der Waals surface area contributed by atoms with Crippen molar-refractivity contribution >= 4 is 43.9 Å². The van der Waals surface area contributed by atoms with Gasteiger partial charge in [0.25, 0.3) is 0 Å². The summed E-state index contributed by atoms with van der Waals surface area (Å²) < 4.78 is 8.07. The average molecular weight is 455 g/mol. The minimum Gasteiger partial charge on any atom is -0.480 e. The molecule has 0 radical (unpaired) electrons. The lowest BCUT2D eigenvalue weighted by molar-refractivity contribution is -0.139. The molecule has 130 valence electrons. The summed E-state index contributed by atoms with van der Waals surface area (Å²) in [5.74, 6) is -0.404. The van der Waals surface area contributed by atoms with Crippen LogP contribution in [0.5, 0.6) is 0 Å². The third-order valence-corrected chi connectivity index (χ3v) is 4.66. The monoisotopic (exact) mass is 453 g/mol. The van der Waals surface area contributed by atoms with Gasteiger partial charge in [0.2, 0.25) is 0 Å². The van der Waals surface area contributed by atoms with E-state index in [0.717, 1.165) is 12.2 Å². The van der Waals surface area contributed by atoms with Crippen LogP contribution in [0.1, 0.15) is 39.9 Å². The van der Waals surface area contributed by atoms with Gasteiger partial charge in [-0.2, -0.15) is 0 Å². The maximum atomic E-state index is 11.8. The highest BCUT2D eigenvalue weighted by atomic mass is 79.9. The van der Waals surface area contributed by atoms with Crippen molar-refractivity contribution in [1.82, 2.24) is 14.9 Å². The molecule has 0 aliphatic rings. The molecule has 0 aromatic carbocycles. The van der Waals surface area contributed by atoms with Gasteiger partial charge in [-0.25, -0.2) is 14.6 Å². The molecule has 1 atom stereocenters. The van der Waals surface area contributed by atoms with Crippen LogP contribution in [0, 0.1) is 0 Å². The number of amides is 1. The van der Waals surface area contributed by atoms with Crippen molar-refractivity contribution < 1.29 is 19.4 Å². The van der Waals surface area contributed by atoms with Gasteiger partial charge in [-0.1, -0.05) is 6.92 Å². The Balaban J connectivity index is 2.93. The number of rotatable bonds is 6. The summed E-state index contributed by atoms with van der Waals surface area (Å²) in [7, 11) is 0. The summed E-state index contributed by atoms with van der Waals surface area (Å²) in [5.41, 5.74) is -0.695. The van der Waals surface area contributed by atoms with Gasteiger partial charge in [-0.05, 0) is 59.1 Å². The van der Waals surface area contributed by atoms with Gasteiger partial charge in [0.1, 0.15) is 26.7 Å². The van der Waals surface area contributed by atoms with Crippen LogP contribution in [0.25, 0.3) is 0 Å². The van der Waals surface area contributed by atoms with Crippen LogP contribution in [0.3, 0.4) is 0 Å². The fourth-order valence-corrected chi connectivity index (χ4v) is 2.72. The van der Waals surface area contributed by atoms with Crippen molar-refractivity contribution in [3.05, 3.63) is 15.0 Å². The normalized spacial score (nSPS) is 12.8. The molecule has 0 fully saturated rings. The number of carboxylic acids is 1. The first-order valence-electron chi connectivity index (χ1n) is 7.17. The number of hydrogen-bond donors (Lipinski definition) is 2. The molecule has 1 aromatic heterocycles. The number of carbonyl (C=O) groups excluding carboxylic acids is 1. The van der Waals surface area contributed by atoms with Crippen molar-refractivity contribution in [2.24, 2.45) is 0 Å². The maximum Gasteiger partial charge on any atom is 0.408 e. The van der Waals surface area contributed by atoms with Crippen molar-refractivity contribution in [3.63, 3.8) is 0 Å². The summed E-state index contributed by atoms with van der Waals surface area (Å²) in [6.45, 7) is 7.19. The molecule has 7 nitrogen and oxygen atoms in total. The summed E-state index contributed by atoms with van der Waals surface area (Å²) in [5, 5.41) is 11.8. The summed E-state index contributed by atoms with van der Waals surface area (Å²) in [6.07, 6.45) is 0.799. The molecule has 0 saturated carbocycles. The SMILES string of the molecule is CCCc1nc(Br)c(Br)n1CC(NC(=O)OC(C)(C)C)C(=O)O. The first-order chi connectivity index (χ1) is 10.5. The Bertz CT molecular complexity index is 581. The molecular weight excluding hydrogens is 434 g/mol. The first-order valence-corrected chi connectivity index (χ1v) is 8.76. The van der Waals surface area contributed by atoms with Crippen molar-refractivity contribution in [1.29, 1.82) is 0 Å². The molecule has 0 spiro atoms. The largest absolute Gasteiger partial charge is 0.480 e. The van der Waals surface area contributed by atoms with Gasteiger partial charge in [0, 0.05) is 6.42 Å². The molecule has 1 heterocycles. The van der Waals surface area contributed by atoms with E-state index in [2.05, 4.69) is 42.2 Å². The zero-order valence-electron chi connectivity index (χ0n) is 13.5. The number of aromatic nitrogens is 2. The van der Waals surface area contributed by atoms with E-state index in [0.29, 0.717) is 15.6 Å². The van der Waals surface area contributed by atoms with Crippen LogP contribution >= 0.6 is 31.9 Å². The topological polar surface area (TPSA) is 93.5 Å². The molecule has 0 aliphatic heterocycles. The van der Waals surface area contributed by atoms with E-state index in [-0.39, 0.29) is 6.54 Å². The standard InChI is InChI=1S/C14H21Br2N3O4/c1-5-6-9-18-10(15)11(16)19(9)7-8(12(20)21)17-13(22)23-14(2,3)4/h8H,5-7H2,1-4H3,(H,17,22)(H,20,21). The number of nitrogens with one attached hydrogen (secondary N) is 1. The van der Waals surface area contributed by atoms with Crippen LogP contribution in [-0.4, -0.2) is 38.4 Å². The lowest BCUT2D eigenvalue weighted by atomic mass is 10.2. The maximum absolute atomic E-state index is 11.8. The van der Waals surface area contributed by atoms with Gasteiger partial charge in [-0.3, -0.25) is 0 Å². The third kappa shape index (κ3) is 6.14. The Kier molecular flexibility index (Phi) is 7.06. The predicted molar refractivity (Wildman–Crippen MR) is 92.4 cm³/mol. The summed E-state index contributed by atoms with van der Waals surface area (Å²) >= 11 is 6.70. The number of aryl methyl sites for hydroxylation is 1. The number of carboxylic acid groups (broad SMARTS) is 1. The van der Waals surface area contributed by atoms with E-state index in [1.165, 1.54) is 0 Å². The molecular formula is C14H21Br2N3O4. The molecule has 1 amide bonds. The highest BCUT2D eigenvalue weighted by Gasteiger charge is 2.26. The van der Waals surface area contributed by atoms with Gasteiger partial charge in [0.05, 0.1) is 6.54 Å². The van der Waals surface area contributed by atoms with E-state index in [1.54, 1.807) is 25.3 Å². The lowest BCUT2D eigenvalue weighted by Gasteiger charge is -2.22. The van der Waals surface area contributed by atoms with Gasteiger partial charge in [0.15, 0.2) is 0 Å². The van der Waals surface area contributed by atoms with Crippen LogP contribution < -0.4 is 5.32 Å². The van der Waals surface area contributed by atoms with Crippen LogP contribution in [0.15, 0.2) is 9.21 Å².